The van der Waals surface area contributed by atoms with Crippen molar-refractivity contribution in [2.75, 3.05) is 13.6 Å². The third-order valence-corrected chi connectivity index (χ3v) is 3.43. The first-order chi connectivity index (χ1) is 7.52. The van der Waals surface area contributed by atoms with Gasteiger partial charge in [-0.2, -0.15) is 0 Å². The Morgan fingerprint density at radius 1 is 1.44 bits per heavy atom. The number of benzene rings is 1. The number of fused-ring (bicyclic) bond motifs is 1. The van der Waals surface area contributed by atoms with Gasteiger partial charge < -0.3 is 10.1 Å². The van der Waals surface area contributed by atoms with Crippen molar-refractivity contribution in [3.05, 3.63) is 27.7 Å². The standard InChI is InChI=1S/C13H18BrNO/c1-13(2)8-10-6-9(4-5-15-3)7-11(14)12(10)16-13/h6-7,15H,4-5,8H2,1-3H3. The van der Waals surface area contributed by atoms with Crippen LogP contribution in [0, 0.1) is 0 Å². The molecule has 0 unspecified atom stereocenters. The zero-order valence-corrected chi connectivity index (χ0v) is 11.6. The van der Waals surface area contributed by atoms with E-state index in [0.29, 0.717) is 0 Å². The molecule has 0 amide bonds. The summed E-state index contributed by atoms with van der Waals surface area (Å²) in [4.78, 5) is 0. The Kier molecular flexibility index (Phi) is 3.27. The summed E-state index contributed by atoms with van der Waals surface area (Å²) < 4.78 is 7.01. The summed E-state index contributed by atoms with van der Waals surface area (Å²) in [5.41, 5.74) is 2.62. The molecule has 2 rings (SSSR count). The Labute approximate surface area is 106 Å². The van der Waals surface area contributed by atoms with Crippen LogP contribution in [0.4, 0.5) is 0 Å². The van der Waals surface area contributed by atoms with Crippen LogP contribution in [0.15, 0.2) is 16.6 Å². The van der Waals surface area contributed by atoms with Crippen molar-refractivity contribution in [2.24, 2.45) is 0 Å². The maximum absolute atomic E-state index is 5.92. The van der Waals surface area contributed by atoms with Crippen molar-refractivity contribution in [2.45, 2.75) is 32.3 Å². The van der Waals surface area contributed by atoms with E-state index < -0.39 is 0 Å². The van der Waals surface area contributed by atoms with E-state index in [0.717, 1.165) is 29.6 Å². The lowest BCUT2D eigenvalue weighted by Crippen LogP contribution is -2.24. The molecule has 1 N–H and O–H groups in total. The fourth-order valence-electron chi connectivity index (χ4n) is 2.14. The summed E-state index contributed by atoms with van der Waals surface area (Å²) in [7, 11) is 1.98. The van der Waals surface area contributed by atoms with Gasteiger partial charge in [0.15, 0.2) is 0 Å². The lowest BCUT2D eigenvalue weighted by molar-refractivity contribution is 0.137. The van der Waals surface area contributed by atoms with E-state index in [2.05, 4.69) is 47.2 Å². The predicted molar refractivity (Wildman–Crippen MR) is 70.2 cm³/mol. The maximum Gasteiger partial charge on any atom is 0.137 e. The van der Waals surface area contributed by atoms with Gasteiger partial charge in [0.1, 0.15) is 11.4 Å². The minimum Gasteiger partial charge on any atom is -0.486 e. The molecule has 0 aromatic heterocycles. The van der Waals surface area contributed by atoms with Crippen LogP contribution in [-0.4, -0.2) is 19.2 Å². The highest BCUT2D eigenvalue weighted by Gasteiger charge is 2.31. The van der Waals surface area contributed by atoms with Crippen molar-refractivity contribution >= 4 is 15.9 Å². The van der Waals surface area contributed by atoms with E-state index in [1.54, 1.807) is 0 Å². The first kappa shape index (κ1) is 11.9. The van der Waals surface area contributed by atoms with Gasteiger partial charge in [0.05, 0.1) is 4.47 Å². The lowest BCUT2D eigenvalue weighted by atomic mass is 9.99. The number of nitrogens with one attached hydrogen (secondary N) is 1. The second-order valence-corrected chi connectivity index (χ2v) is 5.81. The van der Waals surface area contributed by atoms with Crippen LogP contribution < -0.4 is 10.1 Å². The molecule has 1 aromatic carbocycles. The third-order valence-electron chi connectivity index (χ3n) is 2.84. The monoisotopic (exact) mass is 283 g/mol. The molecule has 0 atom stereocenters. The average molecular weight is 284 g/mol. The second-order valence-electron chi connectivity index (χ2n) is 4.96. The molecule has 0 saturated heterocycles. The molecule has 1 aliphatic heterocycles. The van der Waals surface area contributed by atoms with Crippen LogP contribution >= 0.6 is 15.9 Å². The van der Waals surface area contributed by atoms with Crippen molar-refractivity contribution < 1.29 is 4.74 Å². The highest BCUT2D eigenvalue weighted by Crippen LogP contribution is 2.41. The number of ether oxygens (including phenoxy) is 1. The highest BCUT2D eigenvalue weighted by molar-refractivity contribution is 9.10. The molecular formula is C13H18BrNO. The smallest absolute Gasteiger partial charge is 0.137 e. The molecule has 0 radical (unpaired) electrons. The molecule has 0 aliphatic carbocycles. The minimum atomic E-state index is -0.0630. The van der Waals surface area contributed by atoms with Gasteiger partial charge in [0, 0.05) is 6.42 Å². The van der Waals surface area contributed by atoms with Gasteiger partial charge in [-0.3, -0.25) is 0 Å². The molecule has 88 valence electrons. The Morgan fingerprint density at radius 3 is 2.88 bits per heavy atom. The topological polar surface area (TPSA) is 21.3 Å². The van der Waals surface area contributed by atoms with E-state index in [4.69, 9.17) is 4.74 Å². The molecule has 0 bridgehead atoms. The quantitative estimate of drug-likeness (QED) is 0.921. The molecule has 0 saturated carbocycles. The Balaban J connectivity index is 2.27. The third kappa shape index (κ3) is 2.41. The van der Waals surface area contributed by atoms with E-state index in [-0.39, 0.29) is 5.60 Å². The predicted octanol–water partition coefficient (Wildman–Crippen LogP) is 2.92. The van der Waals surface area contributed by atoms with Crippen LogP contribution in [0.5, 0.6) is 5.75 Å². The first-order valence-corrected chi connectivity index (χ1v) is 6.46. The number of hydrogen-bond acceptors (Lipinski definition) is 2. The van der Waals surface area contributed by atoms with Gasteiger partial charge in [0.25, 0.3) is 0 Å². The SMILES string of the molecule is CNCCc1cc(Br)c2c(c1)CC(C)(C)O2. The van der Waals surface area contributed by atoms with Crippen molar-refractivity contribution in [1.29, 1.82) is 0 Å². The minimum absolute atomic E-state index is 0.0630. The number of rotatable bonds is 3. The largest absolute Gasteiger partial charge is 0.486 e. The van der Waals surface area contributed by atoms with Crippen LogP contribution in [0.2, 0.25) is 0 Å². The molecule has 16 heavy (non-hydrogen) atoms. The summed E-state index contributed by atoms with van der Waals surface area (Å²) in [5.74, 6) is 1.03. The van der Waals surface area contributed by atoms with Gasteiger partial charge in [0.2, 0.25) is 0 Å². The molecule has 2 nitrogen and oxygen atoms in total. The summed E-state index contributed by atoms with van der Waals surface area (Å²) in [6.45, 7) is 5.27. The van der Waals surface area contributed by atoms with E-state index in [9.17, 15) is 0 Å². The summed E-state index contributed by atoms with van der Waals surface area (Å²) >= 11 is 3.60. The number of halogens is 1. The Morgan fingerprint density at radius 2 is 2.19 bits per heavy atom. The van der Waals surface area contributed by atoms with E-state index in [1.165, 1.54) is 11.1 Å². The second kappa shape index (κ2) is 4.38. The fraction of sp³-hybridized carbons (Fsp3) is 0.538. The van der Waals surface area contributed by atoms with E-state index in [1.807, 2.05) is 7.05 Å². The number of hydrogen-bond donors (Lipinski definition) is 1. The average Bonchev–Trinajstić information content (AvgIpc) is 2.50. The van der Waals surface area contributed by atoms with Crippen LogP contribution in [-0.2, 0) is 12.8 Å². The molecule has 0 fully saturated rings. The Bertz CT molecular complexity index is 401. The maximum atomic E-state index is 5.92. The number of likely N-dealkylation sites (N-methyl/N-ethyl adjacent to an activating group) is 1. The first-order valence-electron chi connectivity index (χ1n) is 5.67. The van der Waals surface area contributed by atoms with Gasteiger partial charge in [-0.15, -0.1) is 0 Å². The molecule has 0 spiro atoms. The zero-order chi connectivity index (χ0) is 11.8. The summed E-state index contributed by atoms with van der Waals surface area (Å²) in [5, 5.41) is 3.17. The normalized spacial score (nSPS) is 17.0. The van der Waals surface area contributed by atoms with Gasteiger partial charge in [-0.1, -0.05) is 6.07 Å². The van der Waals surface area contributed by atoms with Crippen LogP contribution in [0.1, 0.15) is 25.0 Å². The lowest BCUT2D eigenvalue weighted by Gasteiger charge is -2.17. The van der Waals surface area contributed by atoms with Gasteiger partial charge in [-0.05, 0) is 67.0 Å². The van der Waals surface area contributed by atoms with E-state index >= 15 is 0 Å². The van der Waals surface area contributed by atoms with Crippen molar-refractivity contribution in [3.63, 3.8) is 0 Å². The molecule has 1 heterocycles. The van der Waals surface area contributed by atoms with Crippen LogP contribution in [0.3, 0.4) is 0 Å². The molecule has 1 aliphatic rings. The summed E-state index contributed by atoms with van der Waals surface area (Å²) in [6.07, 6.45) is 2.05. The van der Waals surface area contributed by atoms with Crippen LogP contribution in [0.25, 0.3) is 0 Å². The molecule has 3 heteroatoms. The van der Waals surface area contributed by atoms with Gasteiger partial charge in [-0.25, -0.2) is 0 Å². The summed E-state index contributed by atoms with van der Waals surface area (Å²) in [6, 6.07) is 4.43. The highest BCUT2D eigenvalue weighted by atomic mass is 79.9. The van der Waals surface area contributed by atoms with Crippen molar-refractivity contribution in [3.8, 4) is 5.75 Å². The fourth-order valence-corrected chi connectivity index (χ4v) is 2.77. The molecular weight excluding hydrogens is 266 g/mol. The zero-order valence-electron chi connectivity index (χ0n) is 10.1. The molecule has 1 aromatic rings. The van der Waals surface area contributed by atoms with Gasteiger partial charge >= 0.3 is 0 Å². The Hall–Kier alpha value is -0.540. The van der Waals surface area contributed by atoms with Crippen molar-refractivity contribution in [1.82, 2.24) is 5.32 Å².